The third-order valence-corrected chi connectivity index (χ3v) is 3.32. The monoisotopic (exact) mass is 279 g/mol. The van der Waals surface area contributed by atoms with Crippen LogP contribution in [0.3, 0.4) is 0 Å². The van der Waals surface area contributed by atoms with E-state index in [2.05, 4.69) is 27.4 Å². The summed E-state index contributed by atoms with van der Waals surface area (Å²) in [5.74, 6) is -0.722. The van der Waals surface area contributed by atoms with Crippen molar-refractivity contribution in [2.24, 2.45) is 0 Å². The van der Waals surface area contributed by atoms with Crippen molar-refractivity contribution < 1.29 is 8.78 Å². The molecule has 0 bridgehead atoms. The summed E-state index contributed by atoms with van der Waals surface area (Å²) in [5, 5.41) is 9.99. The summed E-state index contributed by atoms with van der Waals surface area (Å²) >= 11 is 0. The van der Waals surface area contributed by atoms with E-state index in [0.29, 0.717) is 12.0 Å². The molecular weight excluding hydrogens is 264 g/mol. The maximum Gasteiger partial charge on any atom is 0.245 e. The lowest BCUT2D eigenvalue weighted by Crippen LogP contribution is -2.49. The molecule has 2 aromatic rings. The molecule has 1 atom stereocenters. The van der Waals surface area contributed by atoms with Gasteiger partial charge in [-0.2, -0.15) is 4.98 Å². The average Bonchev–Trinajstić information content (AvgIpc) is 2.88. The van der Waals surface area contributed by atoms with Crippen molar-refractivity contribution in [3.05, 3.63) is 29.8 Å². The van der Waals surface area contributed by atoms with Gasteiger partial charge in [-0.25, -0.2) is 8.78 Å². The van der Waals surface area contributed by atoms with Crippen molar-refractivity contribution >= 4 is 5.95 Å². The van der Waals surface area contributed by atoms with Gasteiger partial charge in [0.15, 0.2) is 5.82 Å². The van der Waals surface area contributed by atoms with Crippen molar-refractivity contribution in [2.45, 2.75) is 13.0 Å². The summed E-state index contributed by atoms with van der Waals surface area (Å²) in [5.41, 5.74) is -0.172. The van der Waals surface area contributed by atoms with Crippen LogP contribution < -0.4 is 10.2 Å². The Kier molecular flexibility index (Phi) is 3.35. The largest absolute Gasteiger partial charge is 0.337 e. The van der Waals surface area contributed by atoms with E-state index >= 15 is 0 Å². The van der Waals surface area contributed by atoms with Crippen molar-refractivity contribution in [1.29, 1.82) is 0 Å². The molecular formula is C13H15F2N5. The van der Waals surface area contributed by atoms with E-state index in [1.165, 1.54) is 18.2 Å². The van der Waals surface area contributed by atoms with Crippen LogP contribution in [0.4, 0.5) is 14.7 Å². The molecule has 2 heterocycles. The molecule has 0 amide bonds. The van der Waals surface area contributed by atoms with E-state index in [-0.39, 0.29) is 11.4 Å². The Balaban J connectivity index is 1.90. The van der Waals surface area contributed by atoms with Crippen molar-refractivity contribution in [1.82, 2.24) is 20.5 Å². The minimum absolute atomic E-state index is 0.113. The van der Waals surface area contributed by atoms with Crippen LogP contribution in [0.25, 0.3) is 11.4 Å². The van der Waals surface area contributed by atoms with Gasteiger partial charge in [0.2, 0.25) is 5.95 Å². The highest BCUT2D eigenvalue weighted by atomic mass is 19.1. The molecule has 5 nitrogen and oxygen atoms in total. The van der Waals surface area contributed by atoms with Gasteiger partial charge >= 0.3 is 0 Å². The summed E-state index contributed by atoms with van der Waals surface area (Å²) in [4.78, 5) is 6.20. The van der Waals surface area contributed by atoms with E-state index in [1.54, 1.807) is 0 Å². The lowest BCUT2D eigenvalue weighted by atomic mass is 10.2. The number of piperazine rings is 1. The summed E-state index contributed by atoms with van der Waals surface area (Å²) in [6.07, 6.45) is 0. The highest BCUT2D eigenvalue weighted by Crippen LogP contribution is 2.24. The zero-order valence-electron chi connectivity index (χ0n) is 11.0. The van der Waals surface area contributed by atoms with Crippen LogP contribution in [-0.2, 0) is 0 Å². The lowest BCUT2D eigenvalue weighted by Gasteiger charge is -2.30. The Hall–Kier alpha value is -2.02. The predicted octanol–water partition coefficient (Wildman–Crippen LogP) is 1.55. The quantitative estimate of drug-likeness (QED) is 0.875. The number of rotatable bonds is 2. The number of aromatic nitrogens is 3. The van der Waals surface area contributed by atoms with E-state index in [4.69, 9.17) is 0 Å². The highest BCUT2D eigenvalue weighted by molar-refractivity contribution is 5.58. The van der Waals surface area contributed by atoms with Gasteiger partial charge in [-0.05, 0) is 19.1 Å². The number of halogens is 2. The Morgan fingerprint density at radius 3 is 2.75 bits per heavy atom. The zero-order chi connectivity index (χ0) is 14.1. The SMILES string of the molecule is C[C@@H]1CN(c2n[nH]c(-c3c(F)cccc3F)n2)CCN1. The first-order chi connectivity index (χ1) is 9.65. The first kappa shape index (κ1) is 13.0. The van der Waals surface area contributed by atoms with E-state index < -0.39 is 11.6 Å². The van der Waals surface area contributed by atoms with Gasteiger partial charge in [0.1, 0.15) is 11.6 Å². The topological polar surface area (TPSA) is 56.8 Å². The van der Waals surface area contributed by atoms with Crippen LogP contribution in [0.15, 0.2) is 18.2 Å². The van der Waals surface area contributed by atoms with Gasteiger partial charge < -0.3 is 10.2 Å². The first-order valence-corrected chi connectivity index (χ1v) is 6.50. The second kappa shape index (κ2) is 5.16. The van der Waals surface area contributed by atoms with Gasteiger partial charge in [0, 0.05) is 25.7 Å². The fraction of sp³-hybridized carbons (Fsp3) is 0.385. The molecule has 0 unspecified atom stereocenters. The van der Waals surface area contributed by atoms with Crippen LogP contribution in [-0.4, -0.2) is 40.9 Å². The van der Waals surface area contributed by atoms with Crippen molar-refractivity contribution in [2.75, 3.05) is 24.5 Å². The van der Waals surface area contributed by atoms with Gasteiger partial charge in [0.05, 0.1) is 5.56 Å². The minimum Gasteiger partial charge on any atom is -0.337 e. The van der Waals surface area contributed by atoms with Crippen LogP contribution >= 0.6 is 0 Å². The van der Waals surface area contributed by atoms with Crippen LogP contribution in [0, 0.1) is 11.6 Å². The van der Waals surface area contributed by atoms with E-state index in [1.807, 2.05) is 4.90 Å². The molecule has 106 valence electrons. The second-order valence-electron chi connectivity index (χ2n) is 4.88. The molecule has 1 aliphatic heterocycles. The third kappa shape index (κ3) is 2.36. The maximum atomic E-state index is 13.7. The molecule has 0 radical (unpaired) electrons. The van der Waals surface area contributed by atoms with Crippen molar-refractivity contribution in [3.63, 3.8) is 0 Å². The number of aromatic amines is 1. The first-order valence-electron chi connectivity index (χ1n) is 6.50. The summed E-state index contributed by atoms with van der Waals surface area (Å²) in [6.45, 7) is 4.42. The second-order valence-corrected chi connectivity index (χ2v) is 4.88. The Morgan fingerprint density at radius 1 is 1.30 bits per heavy atom. The third-order valence-electron chi connectivity index (χ3n) is 3.32. The lowest BCUT2D eigenvalue weighted by molar-refractivity contribution is 0.480. The number of anilines is 1. The molecule has 1 fully saturated rings. The van der Waals surface area contributed by atoms with Gasteiger partial charge in [-0.3, -0.25) is 5.10 Å². The standard InChI is InChI=1S/C13H15F2N5/c1-8-7-20(6-5-16-8)13-17-12(18-19-13)11-9(14)3-2-4-10(11)15/h2-4,8,16H,5-7H2,1H3,(H,17,18,19)/t8-/m1/s1. The number of nitrogens with zero attached hydrogens (tertiary/aromatic N) is 3. The average molecular weight is 279 g/mol. The maximum absolute atomic E-state index is 13.7. The molecule has 1 aliphatic rings. The molecule has 20 heavy (non-hydrogen) atoms. The molecule has 3 rings (SSSR count). The van der Waals surface area contributed by atoms with Crippen LogP contribution in [0.5, 0.6) is 0 Å². The molecule has 2 N–H and O–H groups in total. The molecule has 0 aliphatic carbocycles. The number of benzene rings is 1. The van der Waals surface area contributed by atoms with Crippen molar-refractivity contribution in [3.8, 4) is 11.4 Å². The minimum atomic E-state index is -0.652. The fourth-order valence-electron chi connectivity index (χ4n) is 2.34. The Morgan fingerprint density at radius 2 is 2.05 bits per heavy atom. The summed E-state index contributed by atoms with van der Waals surface area (Å²) in [7, 11) is 0. The predicted molar refractivity (Wildman–Crippen MR) is 71.4 cm³/mol. The smallest absolute Gasteiger partial charge is 0.245 e. The molecule has 1 aromatic heterocycles. The van der Waals surface area contributed by atoms with E-state index in [9.17, 15) is 8.78 Å². The molecule has 7 heteroatoms. The normalized spacial score (nSPS) is 19.4. The Bertz CT molecular complexity index is 592. The number of H-pyrrole nitrogens is 1. The summed E-state index contributed by atoms with van der Waals surface area (Å²) in [6, 6.07) is 4.06. The van der Waals surface area contributed by atoms with Crippen LogP contribution in [0.2, 0.25) is 0 Å². The molecule has 1 aromatic carbocycles. The summed E-state index contributed by atoms with van der Waals surface area (Å²) < 4.78 is 27.4. The molecule has 1 saturated heterocycles. The number of hydrogen-bond acceptors (Lipinski definition) is 4. The number of hydrogen-bond donors (Lipinski definition) is 2. The number of nitrogens with one attached hydrogen (secondary N) is 2. The Labute approximate surface area is 115 Å². The highest BCUT2D eigenvalue weighted by Gasteiger charge is 2.21. The van der Waals surface area contributed by atoms with Gasteiger partial charge in [-0.1, -0.05) is 6.07 Å². The molecule has 0 saturated carbocycles. The zero-order valence-corrected chi connectivity index (χ0v) is 11.0. The van der Waals surface area contributed by atoms with Gasteiger partial charge in [0.25, 0.3) is 0 Å². The van der Waals surface area contributed by atoms with Crippen LogP contribution in [0.1, 0.15) is 6.92 Å². The molecule has 0 spiro atoms. The van der Waals surface area contributed by atoms with E-state index in [0.717, 1.165) is 19.6 Å². The fourth-order valence-corrected chi connectivity index (χ4v) is 2.34. The van der Waals surface area contributed by atoms with Gasteiger partial charge in [-0.15, -0.1) is 5.10 Å².